The van der Waals surface area contributed by atoms with E-state index in [0.29, 0.717) is 10.8 Å². The van der Waals surface area contributed by atoms with Crippen molar-refractivity contribution in [1.82, 2.24) is 9.97 Å². The molecule has 1 aromatic heterocycles. The molecule has 1 aromatic carbocycles. The smallest absolute Gasteiger partial charge is 0.163 e. The van der Waals surface area contributed by atoms with Crippen molar-refractivity contribution in [3.8, 4) is 11.4 Å². The van der Waals surface area contributed by atoms with Crippen molar-refractivity contribution in [3.63, 3.8) is 0 Å². The van der Waals surface area contributed by atoms with Crippen LogP contribution in [0, 0.1) is 3.57 Å². The number of nitrogens with one attached hydrogen (secondary N) is 1. The highest BCUT2D eigenvalue weighted by Crippen LogP contribution is 2.30. The summed E-state index contributed by atoms with van der Waals surface area (Å²) in [5.41, 5.74) is 1.88. The van der Waals surface area contributed by atoms with Gasteiger partial charge in [0.2, 0.25) is 0 Å². The quantitative estimate of drug-likeness (QED) is 0.633. The monoisotopic (exact) mass is 465 g/mol. The molecule has 0 saturated carbocycles. The summed E-state index contributed by atoms with van der Waals surface area (Å²) in [5, 5.41) is 3.92. The summed E-state index contributed by atoms with van der Waals surface area (Å²) in [7, 11) is 0. The average Bonchev–Trinajstić information content (AvgIpc) is 2.41. The molecule has 2 rings (SSSR count). The number of rotatable bonds is 4. The van der Waals surface area contributed by atoms with E-state index in [-0.39, 0.29) is 0 Å². The molecule has 20 heavy (non-hydrogen) atoms. The van der Waals surface area contributed by atoms with Crippen LogP contribution in [0.2, 0.25) is 5.02 Å². The summed E-state index contributed by atoms with van der Waals surface area (Å²) in [6.45, 7) is 4.97. The van der Waals surface area contributed by atoms with E-state index in [4.69, 9.17) is 11.6 Å². The Morgan fingerprint density at radius 3 is 2.65 bits per heavy atom. The predicted molar refractivity (Wildman–Crippen MR) is 96.4 cm³/mol. The topological polar surface area (TPSA) is 37.8 Å². The largest absolute Gasteiger partial charge is 0.369 e. The number of benzene rings is 1. The van der Waals surface area contributed by atoms with Gasteiger partial charge in [-0.15, -0.1) is 0 Å². The molecule has 0 saturated heterocycles. The lowest BCUT2D eigenvalue weighted by molar-refractivity contribution is 0.982. The molecule has 3 nitrogen and oxygen atoms in total. The summed E-state index contributed by atoms with van der Waals surface area (Å²) < 4.78 is 2.02. The van der Waals surface area contributed by atoms with E-state index in [2.05, 4.69) is 67.7 Å². The third kappa shape index (κ3) is 3.43. The lowest BCUT2D eigenvalue weighted by Gasteiger charge is -2.12. The minimum absolute atomic E-state index is 0.644. The van der Waals surface area contributed by atoms with E-state index in [9.17, 15) is 0 Å². The molecule has 0 atom stereocenters. The first kappa shape index (κ1) is 16.0. The molecule has 106 valence electrons. The zero-order chi connectivity index (χ0) is 14.7. The third-order valence-electron chi connectivity index (χ3n) is 2.77. The normalized spacial score (nSPS) is 10.7. The van der Waals surface area contributed by atoms with Crippen LogP contribution in [0.4, 0.5) is 5.82 Å². The zero-order valence-electron chi connectivity index (χ0n) is 11.2. The summed E-state index contributed by atoms with van der Waals surface area (Å²) in [5.74, 6) is 1.53. The standard InChI is InChI=1S/C14H14BrClIN3/c1-3-11-12(17)14(18-4-2)20-13(19-11)9-6-5-8(15)7-10(9)16/h5-7H,3-4H2,1-2H3,(H,18,19,20). The third-order valence-corrected chi connectivity index (χ3v) is 4.71. The maximum atomic E-state index is 6.30. The van der Waals surface area contributed by atoms with E-state index in [1.54, 1.807) is 0 Å². The molecule has 0 amide bonds. The molecule has 0 unspecified atom stereocenters. The fourth-order valence-electron chi connectivity index (χ4n) is 1.80. The van der Waals surface area contributed by atoms with Gasteiger partial charge in [-0.1, -0.05) is 34.5 Å². The lowest BCUT2D eigenvalue weighted by Crippen LogP contribution is -2.07. The van der Waals surface area contributed by atoms with Gasteiger partial charge in [0, 0.05) is 16.6 Å². The first-order valence-electron chi connectivity index (χ1n) is 6.32. The Labute approximate surface area is 145 Å². The molecule has 0 aliphatic rings. The molecule has 0 bridgehead atoms. The van der Waals surface area contributed by atoms with Gasteiger partial charge >= 0.3 is 0 Å². The minimum Gasteiger partial charge on any atom is -0.369 e. The molecule has 2 aromatic rings. The van der Waals surface area contributed by atoms with Gasteiger partial charge in [-0.2, -0.15) is 0 Å². The van der Waals surface area contributed by atoms with Crippen LogP contribution in [0.5, 0.6) is 0 Å². The Hall–Kier alpha value is -0.400. The van der Waals surface area contributed by atoms with Crippen molar-refractivity contribution in [2.24, 2.45) is 0 Å². The molecule has 6 heteroatoms. The van der Waals surface area contributed by atoms with E-state index < -0.39 is 0 Å². The minimum atomic E-state index is 0.644. The number of hydrogen-bond donors (Lipinski definition) is 1. The van der Waals surface area contributed by atoms with Crippen molar-refractivity contribution < 1.29 is 0 Å². The van der Waals surface area contributed by atoms with Crippen LogP contribution in [-0.2, 0) is 6.42 Å². The molecule has 1 N–H and O–H groups in total. The number of nitrogens with zero attached hydrogens (tertiary/aromatic N) is 2. The summed E-state index contributed by atoms with van der Waals surface area (Å²) in [6.07, 6.45) is 0.861. The molecule has 0 fully saturated rings. The van der Waals surface area contributed by atoms with Gasteiger partial charge in [-0.05, 0) is 54.1 Å². The van der Waals surface area contributed by atoms with Crippen molar-refractivity contribution in [2.45, 2.75) is 20.3 Å². The van der Waals surface area contributed by atoms with E-state index >= 15 is 0 Å². The number of halogens is 3. The number of aromatic nitrogens is 2. The van der Waals surface area contributed by atoms with Crippen LogP contribution >= 0.6 is 50.1 Å². The Kier molecular flexibility index (Phi) is 5.63. The van der Waals surface area contributed by atoms with Gasteiger partial charge < -0.3 is 5.32 Å². The van der Waals surface area contributed by atoms with Gasteiger partial charge in [0.1, 0.15) is 5.82 Å². The van der Waals surface area contributed by atoms with Gasteiger partial charge in [-0.3, -0.25) is 0 Å². The first-order valence-corrected chi connectivity index (χ1v) is 8.57. The summed E-state index contributed by atoms with van der Waals surface area (Å²) in [6, 6.07) is 5.74. The molecule has 0 aliphatic carbocycles. The van der Waals surface area contributed by atoms with Crippen molar-refractivity contribution in [3.05, 3.63) is 37.0 Å². The van der Waals surface area contributed by atoms with E-state index in [1.165, 1.54) is 0 Å². The zero-order valence-corrected chi connectivity index (χ0v) is 15.7. The summed E-state index contributed by atoms with van der Waals surface area (Å²) in [4.78, 5) is 9.24. The molecule has 0 radical (unpaired) electrons. The maximum absolute atomic E-state index is 6.30. The predicted octanol–water partition coefficient (Wildman–Crippen LogP) is 5.16. The van der Waals surface area contributed by atoms with Crippen LogP contribution in [-0.4, -0.2) is 16.5 Å². The number of aryl methyl sites for hydroxylation is 1. The van der Waals surface area contributed by atoms with Crippen LogP contribution in [0.15, 0.2) is 22.7 Å². The highest BCUT2D eigenvalue weighted by molar-refractivity contribution is 14.1. The fraction of sp³-hybridized carbons (Fsp3) is 0.286. The Bertz CT molecular complexity index is 634. The van der Waals surface area contributed by atoms with Gasteiger partial charge in [0.05, 0.1) is 14.3 Å². The van der Waals surface area contributed by atoms with Gasteiger partial charge in [-0.25, -0.2) is 9.97 Å². The van der Waals surface area contributed by atoms with Crippen LogP contribution in [0.3, 0.4) is 0 Å². The second-order valence-electron chi connectivity index (χ2n) is 4.16. The van der Waals surface area contributed by atoms with Crippen molar-refractivity contribution in [2.75, 3.05) is 11.9 Å². The molecule has 0 spiro atoms. The molecule has 1 heterocycles. The average molecular weight is 467 g/mol. The number of hydrogen-bond acceptors (Lipinski definition) is 3. The van der Waals surface area contributed by atoms with Crippen LogP contribution in [0.25, 0.3) is 11.4 Å². The van der Waals surface area contributed by atoms with Crippen LogP contribution in [0.1, 0.15) is 19.5 Å². The SMILES string of the molecule is CCNc1nc(-c2ccc(Br)cc2Cl)nc(CC)c1I. The molecular formula is C14H14BrClIN3. The Morgan fingerprint density at radius 1 is 1.30 bits per heavy atom. The highest BCUT2D eigenvalue weighted by atomic mass is 127. The van der Waals surface area contributed by atoms with Crippen molar-refractivity contribution in [1.29, 1.82) is 0 Å². The second-order valence-corrected chi connectivity index (χ2v) is 6.57. The van der Waals surface area contributed by atoms with Gasteiger partial charge in [0.15, 0.2) is 5.82 Å². The van der Waals surface area contributed by atoms with Crippen LogP contribution < -0.4 is 5.32 Å². The maximum Gasteiger partial charge on any atom is 0.163 e. The molecular weight excluding hydrogens is 452 g/mol. The fourth-order valence-corrected chi connectivity index (χ4v) is 3.37. The second kappa shape index (κ2) is 7.04. The number of anilines is 1. The van der Waals surface area contributed by atoms with Gasteiger partial charge in [0.25, 0.3) is 0 Å². The van der Waals surface area contributed by atoms with E-state index in [1.807, 2.05) is 18.2 Å². The molecule has 0 aliphatic heterocycles. The van der Waals surface area contributed by atoms with E-state index in [0.717, 1.165) is 38.1 Å². The highest BCUT2D eigenvalue weighted by Gasteiger charge is 2.14. The lowest BCUT2D eigenvalue weighted by atomic mass is 10.2. The Balaban J connectivity index is 2.58. The Morgan fingerprint density at radius 2 is 2.05 bits per heavy atom. The first-order chi connectivity index (χ1) is 9.56. The summed E-state index contributed by atoms with van der Waals surface area (Å²) >= 11 is 12.0. The van der Waals surface area contributed by atoms with Crippen molar-refractivity contribution >= 4 is 55.9 Å².